The van der Waals surface area contributed by atoms with E-state index < -0.39 is 17.7 Å². The molecule has 1 aromatic heterocycles. The van der Waals surface area contributed by atoms with Gasteiger partial charge < -0.3 is 19.6 Å². The Bertz CT molecular complexity index is 492. The molecule has 1 heterocycles. The Kier molecular flexibility index (Phi) is 6.26. The maximum atomic E-state index is 11.8. The maximum absolute atomic E-state index is 11.8. The minimum Gasteiger partial charge on any atom is -0.481 e. The highest BCUT2D eigenvalue weighted by Crippen LogP contribution is 2.20. The molecule has 0 saturated heterocycles. The molecule has 1 aromatic rings. The summed E-state index contributed by atoms with van der Waals surface area (Å²) in [5.41, 5.74) is -0.604. The van der Waals surface area contributed by atoms with Gasteiger partial charge in [0.05, 0.1) is 10.7 Å². The number of nitrogens with one attached hydrogen (secondary N) is 1. The summed E-state index contributed by atoms with van der Waals surface area (Å²) >= 11 is 3.34. The number of furan rings is 1. The van der Waals surface area contributed by atoms with E-state index in [4.69, 9.17) is 14.3 Å². The molecule has 0 saturated carbocycles. The Morgan fingerprint density at radius 1 is 1.48 bits per heavy atom. The number of alkyl carbamates (subject to hydrolysis) is 1. The highest BCUT2D eigenvalue weighted by atomic mass is 79.9. The molecule has 7 heteroatoms. The van der Waals surface area contributed by atoms with E-state index >= 15 is 0 Å². The van der Waals surface area contributed by atoms with Crippen LogP contribution in [0.3, 0.4) is 0 Å². The van der Waals surface area contributed by atoms with Crippen LogP contribution in [0.2, 0.25) is 0 Å². The van der Waals surface area contributed by atoms with E-state index in [1.807, 2.05) is 0 Å². The zero-order valence-electron chi connectivity index (χ0n) is 12.3. The van der Waals surface area contributed by atoms with Crippen molar-refractivity contribution in [3.05, 3.63) is 22.6 Å². The molecule has 6 nitrogen and oxygen atoms in total. The van der Waals surface area contributed by atoms with Gasteiger partial charge in [0, 0.05) is 18.9 Å². The smallest absolute Gasteiger partial charge is 0.407 e. The predicted octanol–water partition coefficient (Wildman–Crippen LogP) is 3.34. The quantitative estimate of drug-likeness (QED) is 0.810. The Morgan fingerprint density at radius 3 is 2.62 bits per heavy atom. The van der Waals surface area contributed by atoms with E-state index in [0.717, 1.165) is 4.47 Å². The van der Waals surface area contributed by atoms with Crippen LogP contribution in [0, 0.1) is 0 Å². The van der Waals surface area contributed by atoms with Crippen molar-refractivity contribution in [2.45, 2.75) is 51.7 Å². The number of carbonyl (C=O) groups is 2. The molecule has 118 valence electrons. The van der Waals surface area contributed by atoms with E-state index in [0.29, 0.717) is 18.6 Å². The lowest BCUT2D eigenvalue weighted by atomic mass is 10.1. The van der Waals surface area contributed by atoms with Crippen molar-refractivity contribution in [3.8, 4) is 0 Å². The molecule has 0 aliphatic carbocycles. The van der Waals surface area contributed by atoms with Gasteiger partial charge in [0.2, 0.25) is 0 Å². The predicted molar refractivity (Wildman–Crippen MR) is 80.1 cm³/mol. The molecule has 0 bridgehead atoms. The van der Waals surface area contributed by atoms with Crippen molar-refractivity contribution in [2.75, 3.05) is 0 Å². The van der Waals surface area contributed by atoms with Crippen LogP contribution in [0.25, 0.3) is 0 Å². The molecule has 0 radical (unpaired) electrons. The summed E-state index contributed by atoms with van der Waals surface area (Å²) in [4.78, 5) is 22.5. The number of aliphatic carboxylic acids is 1. The highest BCUT2D eigenvalue weighted by Gasteiger charge is 2.21. The fraction of sp³-hybridized carbons (Fsp3) is 0.571. The van der Waals surface area contributed by atoms with Gasteiger partial charge >= 0.3 is 12.1 Å². The number of amides is 1. The lowest BCUT2D eigenvalue weighted by Gasteiger charge is -2.23. The molecule has 21 heavy (non-hydrogen) atoms. The molecule has 0 aromatic carbocycles. The summed E-state index contributed by atoms with van der Waals surface area (Å²) in [6.07, 6.45) is 1.60. The van der Waals surface area contributed by atoms with Gasteiger partial charge in [-0.3, -0.25) is 4.79 Å². The van der Waals surface area contributed by atoms with Gasteiger partial charge in [-0.05, 0) is 49.2 Å². The summed E-state index contributed by atoms with van der Waals surface area (Å²) < 4.78 is 11.3. The molecule has 1 atom stereocenters. The standard InChI is InChI=1S/C14H20BrNO5/c1-14(2,3)21-13(19)16-9(4-5-12(17)18)8-11-10(15)6-7-20-11/h6-7,9H,4-5,8H2,1-3H3,(H,16,19)(H,17,18). The number of hydrogen-bond donors (Lipinski definition) is 2. The number of carboxylic acid groups (broad SMARTS) is 1. The molecule has 1 amide bonds. The van der Waals surface area contributed by atoms with Crippen LogP contribution in [0.15, 0.2) is 21.2 Å². The third-order valence-corrected chi connectivity index (χ3v) is 3.26. The van der Waals surface area contributed by atoms with E-state index in [1.54, 1.807) is 26.8 Å². The number of carbonyl (C=O) groups excluding carboxylic acids is 1. The second kappa shape index (κ2) is 7.49. The van der Waals surface area contributed by atoms with Crippen LogP contribution < -0.4 is 5.32 Å². The van der Waals surface area contributed by atoms with Gasteiger partial charge in [0.1, 0.15) is 11.4 Å². The average Bonchev–Trinajstić information content (AvgIpc) is 2.69. The summed E-state index contributed by atoms with van der Waals surface area (Å²) in [6, 6.07) is 1.37. The van der Waals surface area contributed by atoms with Crippen LogP contribution >= 0.6 is 15.9 Å². The van der Waals surface area contributed by atoms with Crippen molar-refractivity contribution in [1.82, 2.24) is 5.32 Å². The van der Waals surface area contributed by atoms with Crippen LogP contribution in [-0.4, -0.2) is 28.8 Å². The van der Waals surface area contributed by atoms with E-state index in [-0.39, 0.29) is 12.5 Å². The van der Waals surface area contributed by atoms with E-state index in [9.17, 15) is 9.59 Å². The summed E-state index contributed by atoms with van der Waals surface area (Å²) in [6.45, 7) is 5.30. The fourth-order valence-corrected chi connectivity index (χ4v) is 2.05. The molecule has 0 aliphatic rings. The number of hydrogen-bond acceptors (Lipinski definition) is 4. The van der Waals surface area contributed by atoms with Gasteiger partial charge in [-0.1, -0.05) is 0 Å². The average molecular weight is 362 g/mol. The van der Waals surface area contributed by atoms with Gasteiger partial charge in [-0.2, -0.15) is 0 Å². The third-order valence-electron chi connectivity index (χ3n) is 2.55. The fourth-order valence-electron chi connectivity index (χ4n) is 1.69. The van der Waals surface area contributed by atoms with Crippen molar-refractivity contribution >= 4 is 28.0 Å². The summed E-state index contributed by atoms with van der Waals surface area (Å²) in [7, 11) is 0. The molecular weight excluding hydrogens is 342 g/mol. The molecule has 0 aliphatic heterocycles. The van der Waals surface area contributed by atoms with Gasteiger partial charge in [0.15, 0.2) is 0 Å². The number of carboxylic acids is 1. The SMILES string of the molecule is CC(C)(C)OC(=O)NC(CCC(=O)O)Cc1occc1Br. The molecule has 0 fully saturated rings. The Labute approximate surface area is 132 Å². The van der Waals surface area contributed by atoms with Crippen LogP contribution in [0.5, 0.6) is 0 Å². The van der Waals surface area contributed by atoms with Crippen molar-refractivity contribution in [3.63, 3.8) is 0 Å². The van der Waals surface area contributed by atoms with Gasteiger partial charge in [-0.25, -0.2) is 4.79 Å². The Balaban J connectivity index is 2.66. The van der Waals surface area contributed by atoms with E-state index in [2.05, 4.69) is 21.2 Å². The third kappa shape index (κ3) is 7.17. The Hall–Kier alpha value is -1.50. The minimum absolute atomic E-state index is 0.0429. The van der Waals surface area contributed by atoms with Crippen LogP contribution in [-0.2, 0) is 16.0 Å². The molecule has 1 unspecified atom stereocenters. The first-order chi connectivity index (χ1) is 9.67. The normalized spacial score (nSPS) is 12.8. The molecule has 1 rings (SSSR count). The first kappa shape index (κ1) is 17.6. The zero-order chi connectivity index (χ0) is 16.0. The summed E-state index contributed by atoms with van der Waals surface area (Å²) in [5, 5.41) is 11.5. The number of rotatable bonds is 6. The first-order valence-corrected chi connectivity index (χ1v) is 7.40. The van der Waals surface area contributed by atoms with Crippen molar-refractivity contribution in [1.29, 1.82) is 0 Å². The second-order valence-corrected chi connectivity index (χ2v) is 6.53. The maximum Gasteiger partial charge on any atom is 0.407 e. The monoisotopic (exact) mass is 361 g/mol. The highest BCUT2D eigenvalue weighted by molar-refractivity contribution is 9.10. The largest absolute Gasteiger partial charge is 0.481 e. The minimum atomic E-state index is -0.913. The van der Waals surface area contributed by atoms with Gasteiger partial charge in [0.25, 0.3) is 0 Å². The first-order valence-electron chi connectivity index (χ1n) is 6.60. The molecular formula is C14H20BrNO5. The Morgan fingerprint density at radius 2 is 2.14 bits per heavy atom. The van der Waals surface area contributed by atoms with E-state index in [1.165, 1.54) is 6.26 Å². The topological polar surface area (TPSA) is 88.8 Å². The summed E-state index contributed by atoms with van der Waals surface area (Å²) in [5.74, 6) is -0.258. The number of halogens is 1. The molecule has 0 spiro atoms. The second-order valence-electron chi connectivity index (χ2n) is 5.67. The van der Waals surface area contributed by atoms with Crippen LogP contribution in [0.4, 0.5) is 4.79 Å². The zero-order valence-corrected chi connectivity index (χ0v) is 13.9. The van der Waals surface area contributed by atoms with Crippen molar-refractivity contribution < 1.29 is 23.8 Å². The number of ether oxygens (including phenoxy) is 1. The van der Waals surface area contributed by atoms with Gasteiger partial charge in [-0.15, -0.1) is 0 Å². The lowest BCUT2D eigenvalue weighted by Crippen LogP contribution is -2.40. The van der Waals surface area contributed by atoms with Crippen LogP contribution in [0.1, 0.15) is 39.4 Å². The lowest BCUT2D eigenvalue weighted by molar-refractivity contribution is -0.137. The van der Waals surface area contributed by atoms with Crippen molar-refractivity contribution in [2.24, 2.45) is 0 Å². The molecule has 2 N–H and O–H groups in total.